The summed E-state index contributed by atoms with van der Waals surface area (Å²) in [7, 11) is 0. The van der Waals surface area contributed by atoms with Gasteiger partial charge in [0.2, 0.25) is 0 Å². The summed E-state index contributed by atoms with van der Waals surface area (Å²) in [5.74, 6) is 0. The third-order valence-electron chi connectivity index (χ3n) is 12.0. The highest BCUT2D eigenvalue weighted by Crippen LogP contribution is 2.47. The molecule has 0 aliphatic rings. The first-order valence-electron chi connectivity index (χ1n) is 21.3. The molecule has 0 spiro atoms. The predicted molar refractivity (Wildman–Crippen MR) is 263 cm³/mol. The van der Waals surface area contributed by atoms with E-state index >= 15 is 0 Å². The minimum absolute atomic E-state index is 1.08. The highest BCUT2D eigenvalue weighted by atomic mass is 15.1. The molecule has 11 aromatic rings. The Morgan fingerprint density at radius 3 is 1.40 bits per heavy atom. The van der Waals surface area contributed by atoms with E-state index in [1.807, 2.05) is 0 Å². The van der Waals surface area contributed by atoms with Crippen LogP contribution in [0.15, 0.2) is 255 Å². The van der Waals surface area contributed by atoms with Crippen molar-refractivity contribution >= 4 is 38.9 Å². The van der Waals surface area contributed by atoms with Crippen LogP contribution in [0.4, 0.5) is 17.1 Å². The van der Waals surface area contributed by atoms with Gasteiger partial charge in [0.25, 0.3) is 0 Å². The molecule has 62 heavy (non-hydrogen) atoms. The lowest BCUT2D eigenvalue weighted by Gasteiger charge is -2.29. The van der Waals surface area contributed by atoms with Gasteiger partial charge in [-0.1, -0.05) is 200 Å². The number of benzene rings is 10. The Labute approximate surface area is 362 Å². The van der Waals surface area contributed by atoms with Gasteiger partial charge in [-0.25, -0.2) is 0 Å². The van der Waals surface area contributed by atoms with Gasteiger partial charge in [-0.15, -0.1) is 0 Å². The molecule has 0 N–H and O–H groups in total. The van der Waals surface area contributed by atoms with Crippen LogP contribution < -0.4 is 4.90 Å². The number of aromatic nitrogens is 1. The number of fused-ring (bicyclic) bond motifs is 3. The summed E-state index contributed by atoms with van der Waals surface area (Å²) in [4.78, 5) is 2.42. The molecule has 0 amide bonds. The van der Waals surface area contributed by atoms with Crippen molar-refractivity contribution in [3.63, 3.8) is 0 Å². The van der Waals surface area contributed by atoms with Gasteiger partial charge in [-0.05, 0) is 105 Å². The Kier molecular flexibility index (Phi) is 9.57. The SMILES string of the molecule is c1ccc(-c2ccc(-c3ccc(N(c4cccc(-c5ccccc5)c4)c4ccccc4-c4ccccc4-c4cccc5c4c4ccccc4n5-c4ccccc4)cc3)cc2)cc1. The van der Waals surface area contributed by atoms with Gasteiger partial charge >= 0.3 is 0 Å². The van der Waals surface area contributed by atoms with E-state index in [0.717, 1.165) is 28.3 Å². The molecule has 0 saturated carbocycles. The third kappa shape index (κ3) is 6.74. The zero-order valence-corrected chi connectivity index (χ0v) is 34.1. The number of para-hydroxylation sites is 3. The first-order chi connectivity index (χ1) is 30.8. The molecule has 11 rings (SSSR count). The van der Waals surface area contributed by atoms with Crippen LogP contribution in [0, 0.1) is 0 Å². The van der Waals surface area contributed by atoms with Crippen molar-refractivity contribution in [2.75, 3.05) is 4.90 Å². The predicted octanol–water partition coefficient (Wildman–Crippen LogP) is 16.6. The molecular weight excluding hydrogens is 749 g/mol. The molecule has 0 fully saturated rings. The fourth-order valence-electron chi connectivity index (χ4n) is 9.12. The van der Waals surface area contributed by atoms with E-state index in [-0.39, 0.29) is 0 Å². The van der Waals surface area contributed by atoms with Gasteiger partial charge < -0.3 is 9.47 Å². The minimum Gasteiger partial charge on any atom is -0.310 e. The molecular formula is C60H42N2. The summed E-state index contributed by atoms with van der Waals surface area (Å²) in [5, 5.41) is 2.48. The van der Waals surface area contributed by atoms with E-state index in [1.165, 1.54) is 71.9 Å². The standard InChI is InChI=1S/C60H42N2/c1-4-18-43(19-5-1)45-34-36-46(37-35-45)47-38-40-50(41-39-47)61(51-25-16-22-48(42-51)44-20-6-2-7-21-44)57-31-14-12-28-54(57)52-26-10-11-27-53(52)55-30-17-33-59-60(55)56-29-13-15-32-58(56)62(59)49-23-8-3-9-24-49/h1-42H. The zero-order valence-electron chi connectivity index (χ0n) is 34.1. The van der Waals surface area contributed by atoms with E-state index in [1.54, 1.807) is 0 Å². The number of rotatable bonds is 9. The molecule has 10 aromatic carbocycles. The van der Waals surface area contributed by atoms with Gasteiger partial charge in [-0.3, -0.25) is 0 Å². The summed E-state index contributed by atoms with van der Waals surface area (Å²) in [5.41, 5.74) is 18.7. The van der Waals surface area contributed by atoms with Crippen molar-refractivity contribution in [2.45, 2.75) is 0 Å². The molecule has 0 radical (unpaired) electrons. The zero-order chi connectivity index (χ0) is 41.2. The van der Waals surface area contributed by atoms with Crippen LogP contribution in [-0.4, -0.2) is 4.57 Å². The Balaban J connectivity index is 1.07. The molecule has 2 nitrogen and oxygen atoms in total. The smallest absolute Gasteiger partial charge is 0.0547 e. The number of hydrogen-bond donors (Lipinski definition) is 0. The minimum atomic E-state index is 1.08. The van der Waals surface area contributed by atoms with Crippen LogP contribution >= 0.6 is 0 Å². The molecule has 2 heteroatoms. The van der Waals surface area contributed by atoms with Crippen molar-refractivity contribution in [1.29, 1.82) is 0 Å². The average Bonchev–Trinajstić information content (AvgIpc) is 3.70. The van der Waals surface area contributed by atoms with Crippen LogP contribution in [0.2, 0.25) is 0 Å². The number of nitrogens with zero attached hydrogens (tertiary/aromatic N) is 2. The lowest BCUT2D eigenvalue weighted by Crippen LogP contribution is -2.11. The molecule has 1 aromatic heterocycles. The Hall–Kier alpha value is -8.20. The van der Waals surface area contributed by atoms with Gasteiger partial charge in [-0.2, -0.15) is 0 Å². The van der Waals surface area contributed by atoms with Crippen LogP contribution in [0.3, 0.4) is 0 Å². The molecule has 0 bridgehead atoms. The fourth-order valence-corrected chi connectivity index (χ4v) is 9.12. The maximum Gasteiger partial charge on any atom is 0.0547 e. The topological polar surface area (TPSA) is 8.17 Å². The molecule has 0 aliphatic heterocycles. The summed E-state index contributed by atoms with van der Waals surface area (Å²) >= 11 is 0. The number of hydrogen-bond acceptors (Lipinski definition) is 1. The third-order valence-corrected chi connectivity index (χ3v) is 12.0. The second-order valence-corrected chi connectivity index (χ2v) is 15.7. The monoisotopic (exact) mass is 790 g/mol. The van der Waals surface area contributed by atoms with Gasteiger partial charge in [0.15, 0.2) is 0 Å². The van der Waals surface area contributed by atoms with E-state index < -0.39 is 0 Å². The van der Waals surface area contributed by atoms with Gasteiger partial charge in [0, 0.05) is 33.4 Å². The summed E-state index contributed by atoms with van der Waals surface area (Å²) in [6, 6.07) is 92.0. The highest BCUT2D eigenvalue weighted by molar-refractivity contribution is 6.17. The molecule has 0 saturated heterocycles. The highest BCUT2D eigenvalue weighted by Gasteiger charge is 2.22. The lowest BCUT2D eigenvalue weighted by atomic mass is 9.90. The van der Waals surface area contributed by atoms with Crippen LogP contribution in [0.25, 0.3) is 83.1 Å². The van der Waals surface area contributed by atoms with Crippen LogP contribution in [0.1, 0.15) is 0 Å². The van der Waals surface area contributed by atoms with Crippen LogP contribution in [0.5, 0.6) is 0 Å². The average molecular weight is 791 g/mol. The normalized spacial score (nSPS) is 11.2. The van der Waals surface area contributed by atoms with E-state index in [0.29, 0.717) is 0 Å². The summed E-state index contributed by atoms with van der Waals surface area (Å²) in [6.45, 7) is 0. The summed E-state index contributed by atoms with van der Waals surface area (Å²) < 4.78 is 2.40. The largest absolute Gasteiger partial charge is 0.310 e. The van der Waals surface area contributed by atoms with Gasteiger partial charge in [0.1, 0.15) is 0 Å². The molecule has 0 atom stereocenters. The number of anilines is 3. The van der Waals surface area contributed by atoms with Crippen molar-refractivity contribution in [1.82, 2.24) is 4.57 Å². The molecule has 1 heterocycles. The fraction of sp³-hybridized carbons (Fsp3) is 0. The molecule has 292 valence electrons. The van der Waals surface area contributed by atoms with E-state index in [4.69, 9.17) is 0 Å². The first-order valence-corrected chi connectivity index (χ1v) is 21.3. The van der Waals surface area contributed by atoms with Crippen LogP contribution in [-0.2, 0) is 0 Å². The van der Waals surface area contributed by atoms with Crippen molar-refractivity contribution < 1.29 is 0 Å². The lowest BCUT2D eigenvalue weighted by molar-refractivity contribution is 1.18. The molecule has 0 unspecified atom stereocenters. The second-order valence-electron chi connectivity index (χ2n) is 15.7. The first kappa shape index (κ1) is 36.8. The Morgan fingerprint density at radius 2 is 0.726 bits per heavy atom. The maximum absolute atomic E-state index is 2.42. The Morgan fingerprint density at radius 1 is 0.274 bits per heavy atom. The van der Waals surface area contributed by atoms with Gasteiger partial charge in [0.05, 0.1) is 16.7 Å². The van der Waals surface area contributed by atoms with Crippen molar-refractivity contribution in [3.8, 4) is 61.3 Å². The van der Waals surface area contributed by atoms with Crippen molar-refractivity contribution in [2.24, 2.45) is 0 Å². The van der Waals surface area contributed by atoms with E-state index in [2.05, 4.69) is 264 Å². The molecule has 0 aliphatic carbocycles. The quantitative estimate of drug-likeness (QED) is 0.141. The Bertz CT molecular complexity index is 3310. The van der Waals surface area contributed by atoms with E-state index in [9.17, 15) is 0 Å². The maximum atomic E-state index is 2.42. The van der Waals surface area contributed by atoms with Crippen molar-refractivity contribution in [3.05, 3.63) is 255 Å². The summed E-state index contributed by atoms with van der Waals surface area (Å²) in [6.07, 6.45) is 0. The second kappa shape index (κ2) is 16.1.